The van der Waals surface area contributed by atoms with Crippen LogP contribution in [-0.4, -0.2) is 38.9 Å². The van der Waals surface area contributed by atoms with Gasteiger partial charge in [-0.1, -0.05) is 12.1 Å². The van der Waals surface area contributed by atoms with Gasteiger partial charge in [-0.25, -0.2) is 9.83 Å². The van der Waals surface area contributed by atoms with Gasteiger partial charge in [0.15, 0.2) is 5.69 Å². The summed E-state index contributed by atoms with van der Waals surface area (Å²) in [7, 11) is 1.74. The minimum atomic E-state index is -4.57. The molecule has 1 heterocycles. The maximum atomic E-state index is 13.7. The Morgan fingerprint density at radius 1 is 1.07 bits per heavy atom. The standard InChI is InChI=1S/C32H37F3N6O2/c1-4-40(17-21-8-10-23(11-9-21)30(42)43)29-15-25-7-5-6-24(25)14-26(29)19-41(31-37-20-39(3)38-31)18-22-12-27(32(33,34)35)16-28(13-22)36-2/h12-16,20-21,23H,4-11,17-19H2,1,3H3,(H,42,43). The monoisotopic (exact) mass is 594 g/mol. The summed E-state index contributed by atoms with van der Waals surface area (Å²) in [5.74, 6) is -0.187. The van der Waals surface area contributed by atoms with Crippen molar-refractivity contribution in [1.82, 2.24) is 14.8 Å². The minimum Gasteiger partial charge on any atom is -0.481 e. The average Bonchev–Trinajstić information content (AvgIpc) is 3.63. The second-order valence-corrected chi connectivity index (χ2v) is 11.8. The fourth-order valence-corrected chi connectivity index (χ4v) is 6.47. The van der Waals surface area contributed by atoms with Crippen molar-refractivity contribution in [3.8, 4) is 0 Å². The molecule has 228 valence electrons. The molecule has 0 bridgehead atoms. The zero-order valence-corrected chi connectivity index (χ0v) is 24.6. The number of rotatable bonds is 10. The van der Waals surface area contributed by atoms with Crippen molar-refractivity contribution in [1.29, 1.82) is 0 Å². The van der Waals surface area contributed by atoms with Gasteiger partial charge in [0.1, 0.15) is 6.33 Å². The highest BCUT2D eigenvalue weighted by atomic mass is 19.4. The van der Waals surface area contributed by atoms with E-state index in [1.54, 1.807) is 18.1 Å². The van der Waals surface area contributed by atoms with Gasteiger partial charge in [0.2, 0.25) is 5.95 Å². The Labute approximate surface area is 250 Å². The number of aryl methyl sites for hydroxylation is 3. The van der Waals surface area contributed by atoms with Gasteiger partial charge in [-0.05, 0) is 98.2 Å². The van der Waals surface area contributed by atoms with Crippen LogP contribution in [0.1, 0.15) is 66.8 Å². The lowest BCUT2D eigenvalue weighted by Gasteiger charge is -2.34. The van der Waals surface area contributed by atoms with Crippen LogP contribution in [0.5, 0.6) is 0 Å². The van der Waals surface area contributed by atoms with E-state index in [1.165, 1.54) is 17.2 Å². The number of hydrogen-bond acceptors (Lipinski definition) is 5. The van der Waals surface area contributed by atoms with Gasteiger partial charge in [0.05, 0.1) is 12.5 Å². The zero-order valence-electron chi connectivity index (χ0n) is 24.6. The molecule has 0 spiro atoms. The number of carbonyl (C=O) groups is 1. The van der Waals surface area contributed by atoms with Gasteiger partial charge in [-0.15, -0.1) is 5.10 Å². The molecule has 1 aromatic heterocycles. The average molecular weight is 595 g/mol. The summed E-state index contributed by atoms with van der Waals surface area (Å²) in [5.41, 5.74) is 4.21. The fraction of sp³-hybridized carbons (Fsp3) is 0.500. The van der Waals surface area contributed by atoms with Crippen molar-refractivity contribution in [3.63, 3.8) is 0 Å². The Bertz CT molecular complexity index is 1500. The number of fused-ring (bicyclic) bond motifs is 1. The van der Waals surface area contributed by atoms with Gasteiger partial charge in [-0.2, -0.15) is 13.2 Å². The number of aromatic nitrogens is 3. The topological polar surface area (TPSA) is 78.9 Å². The van der Waals surface area contributed by atoms with Gasteiger partial charge in [-0.3, -0.25) is 9.48 Å². The SMILES string of the molecule is [C-]#[N+]c1cc(CN(Cc2cc3c(cc2N(CC)CC2CCC(C(=O)O)CC2)CCC3)c2ncn(C)n2)cc(C(F)(F)F)c1. The molecule has 0 unspecified atom stereocenters. The molecule has 43 heavy (non-hydrogen) atoms. The van der Waals surface area contributed by atoms with Crippen molar-refractivity contribution in [2.45, 2.75) is 71.1 Å². The maximum absolute atomic E-state index is 13.7. The van der Waals surface area contributed by atoms with Gasteiger partial charge in [0, 0.05) is 44.5 Å². The van der Waals surface area contributed by atoms with E-state index in [0.717, 1.165) is 68.6 Å². The zero-order chi connectivity index (χ0) is 30.7. The predicted molar refractivity (Wildman–Crippen MR) is 158 cm³/mol. The first-order valence-electron chi connectivity index (χ1n) is 14.9. The number of anilines is 2. The largest absolute Gasteiger partial charge is 0.481 e. The summed E-state index contributed by atoms with van der Waals surface area (Å²) in [6.07, 6.45) is 3.20. The molecule has 0 radical (unpaired) electrons. The van der Waals surface area contributed by atoms with Crippen molar-refractivity contribution in [3.05, 3.63) is 75.9 Å². The summed E-state index contributed by atoms with van der Waals surface area (Å²) >= 11 is 0. The van der Waals surface area contributed by atoms with Crippen LogP contribution in [-0.2, 0) is 43.9 Å². The number of carboxylic acids is 1. The smallest absolute Gasteiger partial charge is 0.415 e. The predicted octanol–water partition coefficient (Wildman–Crippen LogP) is 6.80. The lowest BCUT2D eigenvalue weighted by Crippen LogP contribution is -2.34. The van der Waals surface area contributed by atoms with Crippen molar-refractivity contribution in [2.75, 3.05) is 22.9 Å². The summed E-state index contributed by atoms with van der Waals surface area (Å²) < 4.78 is 42.6. The summed E-state index contributed by atoms with van der Waals surface area (Å²) in [4.78, 5) is 23.4. The molecule has 0 atom stereocenters. The van der Waals surface area contributed by atoms with Crippen LogP contribution < -0.4 is 9.80 Å². The van der Waals surface area contributed by atoms with E-state index in [2.05, 4.69) is 38.9 Å². The van der Waals surface area contributed by atoms with Crippen LogP contribution in [0.15, 0.2) is 36.7 Å². The molecule has 1 N–H and O–H groups in total. The van der Waals surface area contributed by atoms with Gasteiger partial charge in [0.25, 0.3) is 0 Å². The number of carboxylic acid groups (broad SMARTS) is 1. The highest BCUT2D eigenvalue weighted by molar-refractivity contribution is 5.70. The van der Waals surface area contributed by atoms with Crippen LogP contribution in [0.2, 0.25) is 0 Å². The van der Waals surface area contributed by atoms with Crippen LogP contribution in [0.25, 0.3) is 4.85 Å². The molecule has 0 saturated heterocycles. The van der Waals surface area contributed by atoms with Crippen LogP contribution in [0, 0.1) is 18.4 Å². The number of benzene rings is 2. The Morgan fingerprint density at radius 2 is 1.79 bits per heavy atom. The Hall–Kier alpha value is -4.07. The van der Waals surface area contributed by atoms with E-state index in [1.807, 2.05) is 4.90 Å². The van der Waals surface area contributed by atoms with Crippen LogP contribution in [0.3, 0.4) is 0 Å². The second-order valence-electron chi connectivity index (χ2n) is 11.8. The maximum Gasteiger partial charge on any atom is 0.415 e. The number of nitrogens with zero attached hydrogens (tertiary/aromatic N) is 6. The first kappa shape index (κ1) is 30.4. The molecule has 2 aliphatic rings. The van der Waals surface area contributed by atoms with E-state index in [4.69, 9.17) is 6.57 Å². The second kappa shape index (κ2) is 12.7. The molecular formula is C32H37F3N6O2. The molecule has 11 heteroatoms. The van der Waals surface area contributed by atoms with Crippen molar-refractivity contribution < 1.29 is 23.1 Å². The van der Waals surface area contributed by atoms with E-state index >= 15 is 0 Å². The lowest BCUT2D eigenvalue weighted by atomic mass is 9.81. The molecular weight excluding hydrogens is 557 g/mol. The summed E-state index contributed by atoms with van der Waals surface area (Å²) in [6.45, 7) is 11.5. The number of halogens is 3. The minimum absolute atomic E-state index is 0.0632. The Morgan fingerprint density at radius 3 is 2.40 bits per heavy atom. The first-order chi connectivity index (χ1) is 20.5. The lowest BCUT2D eigenvalue weighted by molar-refractivity contribution is -0.143. The number of alkyl halides is 3. The van der Waals surface area contributed by atoms with Gasteiger partial charge < -0.3 is 14.9 Å². The third-order valence-electron chi connectivity index (χ3n) is 8.73. The molecule has 2 aliphatic carbocycles. The van der Waals surface area contributed by atoms with Crippen LogP contribution >= 0.6 is 0 Å². The molecule has 2 aromatic carbocycles. The normalized spacial score (nSPS) is 18.2. The number of aliphatic carboxylic acids is 1. The third kappa shape index (κ3) is 7.12. The van der Waals surface area contributed by atoms with Crippen molar-refractivity contribution >= 4 is 23.3 Å². The highest BCUT2D eigenvalue weighted by Gasteiger charge is 2.32. The molecule has 0 aliphatic heterocycles. The first-order valence-corrected chi connectivity index (χ1v) is 14.9. The van der Waals surface area contributed by atoms with E-state index < -0.39 is 17.7 Å². The van der Waals surface area contributed by atoms with Crippen LogP contribution in [0.4, 0.5) is 30.5 Å². The van der Waals surface area contributed by atoms with E-state index in [9.17, 15) is 23.1 Å². The molecule has 3 aromatic rings. The van der Waals surface area contributed by atoms with Gasteiger partial charge >= 0.3 is 12.1 Å². The third-order valence-corrected chi connectivity index (χ3v) is 8.73. The van der Waals surface area contributed by atoms with E-state index in [-0.39, 0.29) is 18.2 Å². The Balaban J connectivity index is 1.48. The molecule has 0 amide bonds. The molecule has 8 nitrogen and oxygen atoms in total. The highest BCUT2D eigenvalue weighted by Crippen LogP contribution is 2.37. The summed E-state index contributed by atoms with van der Waals surface area (Å²) in [6, 6.07) is 7.97. The van der Waals surface area contributed by atoms with E-state index in [0.29, 0.717) is 36.8 Å². The quantitative estimate of drug-likeness (QED) is 0.260. The number of hydrogen-bond donors (Lipinski definition) is 1. The van der Waals surface area contributed by atoms with Crippen molar-refractivity contribution in [2.24, 2.45) is 18.9 Å². The molecule has 5 rings (SSSR count). The Kier molecular flexibility index (Phi) is 8.95. The summed E-state index contributed by atoms with van der Waals surface area (Å²) in [5, 5.41) is 13.9. The molecule has 1 saturated carbocycles. The fourth-order valence-electron chi connectivity index (χ4n) is 6.47. The molecule has 1 fully saturated rings.